The molecule has 0 radical (unpaired) electrons. The van der Waals surface area contributed by atoms with Gasteiger partial charge in [-0.2, -0.15) is 0 Å². The summed E-state index contributed by atoms with van der Waals surface area (Å²) in [6.45, 7) is 3.79. The quantitative estimate of drug-likeness (QED) is 0.505. The molecule has 0 aliphatic heterocycles. The van der Waals surface area contributed by atoms with Gasteiger partial charge in [-0.15, -0.1) is 0 Å². The second-order valence-electron chi connectivity index (χ2n) is 4.63. The summed E-state index contributed by atoms with van der Waals surface area (Å²) in [5, 5.41) is 0. The molecule has 17 heavy (non-hydrogen) atoms. The maximum atomic E-state index is 11.0. The van der Waals surface area contributed by atoms with Crippen LogP contribution in [0.3, 0.4) is 0 Å². The Labute approximate surface area is 104 Å². The molecule has 1 rings (SSSR count). The molecule has 0 aromatic rings. The lowest BCUT2D eigenvalue weighted by molar-refractivity contribution is -0.148. The maximum absolute atomic E-state index is 11.0. The van der Waals surface area contributed by atoms with Crippen LogP contribution in [0.1, 0.15) is 39.0 Å². The van der Waals surface area contributed by atoms with E-state index in [2.05, 4.69) is 11.9 Å². The fourth-order valence-electron chi connectivity index (χ4n) is 2.27. The second-order valence-corrected chi connectivity index (χ2v) is 4.63. The summed E-state index contributed by atoms with van der Waals surface area (Å²) in [7, 11) is 2.14. The van der Waals surface area contributed by atoms with E-state index in [-0.39, 0.29) is 12.6 Å². The molecule has 0 aromatic carbocycles. The highest BCUT2D eigenvalue weighted by Crippen LogP contribution is 2.21. The van der Waals surface area contributed by atoms with Gasteiger partial charge in [-0.3, -0.25) is 0 Å². The monoisotopic (exact) mass is 243 g/mol. The Hall–Kier alpha value is -0.610. The number of carbonyl (C=O) groups excluding carboxylic acids is 1. The summed E-state index contributed by atoms with van der Waals surface area (Å²) in [6, 6.07) is 0.704. The van der Waals surface area contributed by atoms with Crippen LogP contribution in [0.5, 0.6) is 0 Å². The summed E-state index contributed by atoms with van der Waals surface area (Å²) in [4.78, 5) is 13.4. The van der Waals surface area contributed by atoms with Gasteiger partial charge in [0.2, 0.25) is 0 Å². The minimum atomic E-state index is -0.271. The van der Waals surface area contributed by atoms with Crippen LogP contribution in [0.15, 0.2) is 0 Å². The molecule has 0 aromatic heterocycles. The van der Waals surface area contributed by atoms with Gasteiger partial charge in [-0.25, -0.2) is 4.79 Å². The lowest BCUT2D eigenvalue weighted by atomic mass is 9.94. The van der Waals surface area contributed by atoms with Crippen LogP contribution in [0.4, 0.5) is 0 Å². The molecular formula is C13H25NO3. The zero-order valence-corrected chi connectivity index (χ0v) is 11.1. The van der Waals surface area contributed by atoms with Crippen molar-refractivity contribution in [3.8, 4) is 0 Å². The van der Waals surface area contributed by atoms with Crippen LogP contribution in [-0.4, -0.2) is 50.3 Å². The Kier molecular flexibility index (Phi) is 7.21. The van der Waals surface area contributed by atoms with Gasteiger partial charge < -0.3 is 14.4 Å². The number of nitrogens with zero attached hydrogens (tertiary/aromatic N) is 1. The van der Waals surface area contributed by atoms with Gasteiger partial charge in [-0.05, 0) is 26.8 Å². The Balaban J connectivity index is 2.03. The molecule has 1 saturated carbocycles. The highest BCUT2D eigenvalue weighted by molar-refractivity contribution is 5.70. The predicted molar refractivity (Wildman–Crippen MR) is 67.0 cm³/mol. The molecule has 1 aliphatic carbocycles. The summed E-state index contributed by atoms with van der Waals surface area (Å²) in [5.74, 6) is -0.271. The zero-order valence-electron chi connectivity index (χ0n) is 11.1. The minimum absolute atomic E-state index is 0.0757. The fourth-order valence-corrected chi connectivity index (χ4v) is 2.27. The molecule has 0 spiro atoms. The van der Waals surface area contributed by atoms with E-state index in [9.17, 15) is 4.79 Å². The maximum Gasteiger partial charge on any atom is 0.332 e. The van der Waals surface area contributed by atoms with Gasteiger partial charge in [0, 0.05) is 12.6 Å². The first-order valence-electron chi connectivity index (χ1n) is 6.67. The molecule has 1 aliphatic rings. The van der Waals surface area contributed by atoms with E-state index in [4.69, 9.17) is 9.47 Å². The third-order valence-electron chi connectivity index (χ3n) is 3.31. The number of carbonyl (C=O) groups is 1. The average Bonchev–Trinajstić information content (AvgIpc) is 2.36. The molecular weight excluding hydrogens is 218 g/mol. The number of ether oxygens (including phenoxy) is 2. The van der Waals surface area contributed by atoms with Crippen molar-refractivity contribution in [1.29, 1.82) is 0 Å². The highest BCUT2D eigenvalue weighted by atomic mass is 16.6. The molecule has 0 atom stereocenters. The van der Waals surface area contributed by atoms with Crippen LogP contribution < -0.4 is 0 Å². The standard InChI is InChI=1S/C13H25NO3/c1-3-17-13(15)11-16-10-9-14(2)12-7-5-4-6-8-12/h12H,3-11H2,1-2H3. The van der Waals surface area contributed by atoms with Gasteiger partial charge in [0.25, 0.3) is 0 Å². The van der Waals surface area contributed by atoms with Crippen LogP contribution in [0.25, 0.3) is 0 Å². The number of hydrogen-bond acceptors (Lipinski definition) is 4. The van der Waals surface area contributed by atoms with E-state index in [0.717, 1.165) is 6.54 Å². The summed E-state index contributed by atoms with van der Waals surface area (Å²) in [6.07, 6.45) is 6.67. The summed E-state index contributed by atoms with van der Waals surface area (Å²) < 4.78 is 10.1. The third-order valence-corrected chi connectivity index (χ3v) is 3.31. The van der Waals surface area contributed by atoms with E-state index < -0.39 is 0 Å². The van der Waals surface area contributed by atoms with E-state index in [1.165, 1.54) is 32.1 Å². The first-order valence-corrected chi connectivity index (χ1v) is 6.67. The molecule has 0 N–H and O–H groups in total. The number of hydrogen-bond donors (Lipinski definition) is 0. The van der Waals surface area contributed by atoms with Crippen molar-refractivity contribution in [2.75, 3.05) is 33.4 Å². The molecule has 0 bridgehead atoms. The molecule has 0 amide bonds. The lowest BCUT2D eigenvalue weighted by Crippen LogP contribution is -2.36. The van der Waals surface area contributed by atoms with Crippen LogP contribution in [-0.2, 0) is 14.3 Å². The van der Waals surface area contributed by atoms with Crippen LogP contribution in [0, 0.1) is 0 Å². The van der Waals surface area contributed by atoms with Crippen molar-refractivity contribution in [3.05, 3.63) is 0 Å². The Bertz CT molecular complexity index is 215. The normalized spacial score (nSPS) is 17.4. The van der Waals surface area contributed by atoms with Crippen molar-refractivity contribution in [2.45, 2.75) is 45.1 Å². The van der Waals surface area contributed by atoms with E-state index in [0.29, 0.717) is 19.3 Å². The molecule has 0 saturated heterocycles. The van der Waals surface area contributed by atoms with Gasteiger partial charge in [0.15, 0.2) is 0 Å². The highest BCUT2D eigenvalue weighted by Gasteiger charge is 2.17. The van der Waals surface area contributed by atoms with Crippen molar-refractivity contribution in [2.24, 2.45) is 0 Å². The molecule has 100 valence electrons. The van der Waals surface area contributed by atoms with Crippen molar-refractivity contribution >= 4 is 5.97 Å². The van der Waals surface area contributed by atoms with Gasteiger partial charge in [0.1, 0.15) is 6.61 Å². The molecule has 1 fully saturated rings. The van der Waals surface area contributed by atoms with Gasteiger partial charge >= 0.3 is 5.97 Å². The van der Waals surface area contributed by atoms with E-state index in [1.54, 1.807) is 6.92 Å². The van der Waals surface area contributed by atoms with E-state index >= 15 is 0 Å². The lowest BCUT2D eigenvalue weighted by Gasteiger charge is -2.30. The average molecular weight is 243 g/mol. The second kappa shape index (κ2) is 8.48. The predicted octanol–water partition coefficient (Wildman–Crippen LogP) is 1.83. The van der Waals surface area contributed by atoms with E-state index in [1.807, 2.05) is 0 Å². The van der Waals surface area contributed by atoms with Gasteiger partial charge in [-0.1, -0.05) is 19.3 Å². The molecule has 0 unspecified atom stereocenters. The van der Waals surface area contributed by atoms with Crippen LogP contribution in [0.2, 0.25) is 0 Å². The fraction of sp³-hybridized carbons (Fsp3) is 0.923. The summed E-state index contributed by atoms with van der Waals surface area (Å²) in [5.41, 5.74) is 0. The largest absolute Gasteiger partial charge is 0.464 e. The topological polar surface area (TPSA) is 38.8 Å². The Morgan fingerprint density at radius 2 is 2.00 bits per heavy atom. The van der Waals surface area contributed by atoms with Crippen molar-refractivity contribution in [1.82, 2.24) is 4.90 Å². The molecule has 4 nitrogen and oxygen atoms in total. The SMILES string of the molecule is CCOC(=O)COCCN(C)C1CCCCC1. The zero-order chi connectivity index (χ0) is 12.5. The molecule has 0 heterocycles. The third kappa shape index (κ3) is 6.03. The van der Waals surface area contributed by atoms with Crippen molar-refractivity contribution < 1.29 is 14.3 Å². The Morgan fingerprint density at radius 1 is 1.29 bits per heavy atom. The minimum Gasteiger partial charge on any atom is -0.464 e. The number of likely N-dealkylation sites (N-methyl/N-ethyl adjacent to an activating group) is 1. The summed E-state index contributed by atoms with van der Waals surface area (Å²) >= 11 is 0. The van der Waals surface area contributed by atoms with Gasteiger partial charge in [0.05, 0.1) is 13.2 Å². The van der Waals surface area contributed by atoms with Crippen molar-refractivity contribution in [3.63, 3.8) is 0 Å². The Morgan fingerprint density at radius 3 is 2.65 bits per heavy atom. The smallest absolute Gasteiger partial charge is 0.332 e. The van der Waals surface area contributed by atoms with Crippen LogP contribution >= 0.6 is 0 Å². The molecule has 4 heteroatoms. The number of esters is 1. The first kappa shape index (κ1) is 14.5. The number of rotatable bonds is 7. The first-order chi connectivity index (χ1) is 8.24.